The topological polar surface area (TPSA) is 106 Å². The molecule has 33 heavy (non-hydrogen) atoms. The molecule has 8 heteroatoms. The molecule has 1 heterocycles. The monoisotopic (exact) mass is 456 g/mol. The molecule has 1 aliphatic rings. The van der Waals surface area contributed by atoms with Crippen LogP contribution in [0.4, 0.5) is 16.2 Å². The molecule has 1 aromatic heterocycles. The van der Waals surface area contributed by atoms with Crippen LogP contribution in [0, 0.1) is 17.1 Å². The van der Waals surface area contributed by atoms with E-state index in [-0.39, 0.29) is 11.5 Å². The van der Waals surface area contributed by atoms with Crippen LogP contribution in [0.2, 0.25) is 0 Å². The highest BCUT2D eigenvalue weighted by Gasteiger charge is 2.21. The lowest BCUT2D eigenvalue weighted by Gasteiger charge is -2.20. The first-order valence-corrected chi connectivity index (χ1v) is 12.1. The average molecular weight is 457 g/mol. The zero-order chi connectivity index (χ0) is 23.6. The second kappa shape index (κ2) is 12.6. The van der Waals surface area contributed by atoms with Crippen LogP contribution in [-0.2, 0) is 0 Å². The molecule has 180 valence electrons. The van der Waals surface area contributed by atoms with Crippen molar-refractivity contribution in [3.8, 4) is 0 Å². The summed E-state index contributed by atoms with van der Waals surface area (Å²) in [6, 6.07) is 6.29. The summed E-state index contributed by atoms with van der Waals surface area (Å²) in [5.41, 5.74) is 1.49. The van der Waals surface area contributed by atoms with Crippen molar-refractivity contribution in [2.75, 3.05) is 23.7 Å². The Morgan fingerprint density at radius 2 is 1.97 bits per heavy atom. The van der Waals surface area contributed by atoms with Gasteiger partial charge in [0, 0.05) is 30.9 Å². The number of nitrogens with zero attached hydrogens (tertiary/aromatic N) is 2. The molecule has 0 radical (unpaired) electrons. The molecule has 1 aromatic carbocycles. The molecule has 1 saturated carbocycles. The first-order valence-electron chi connectivity index (χ1n) is 12.1. The number of halogens is 1. The Kier molecular flexibility index (Phi) is 9.57. The van der Waals surface area contributed by atoms with Gasteiger partial charge in [-0.05, 0) is 69.2 Å². The highest BCUT2D eigenvalue weighted by Crippen LogP contribution is 2.25. The van der Waals surface area contributed by atoms with E-state index in [4.69, 9.17) is 5.41 Å². The fourth-order valence-corrected chi connectivity index (χ4v) is 4.27. The Hall–Kier alpha value is -2.58. The summed E-state index contributed by atoms with van der Waals surface area (Å²) in [6.45, 7) is 5.46. The van der Waals surface area contributed by atoms with Crippen LogP contribution >= 0.6 is 0 Å². The summed E-state index contributed by atoms with van der Waals surface area (Å²) in [4.78, 5) is 9.09. The van der Waals surface area contributed by atoms with E-state index in [1.165, 1.54) is 12.1 Å². The lowest BCUT2D eigenvalue weighted by atomic mass is 9.99. The standard InChI is InChI=1S/C25H37FN6O/c1-3-4-14-28-25-30-16-22(23(27)19-9-11-20(26)12-10-19)24(32-25)29-15-18-6-5-7-21(13-8-18)31-17(2)33/h9-12,16-18,21,27,31,33H,3-8,13-15H2,1-2H3,(H2,28,29,30,32)/t17?,18?,21-/m1/s1. The van der Waals surface area contributed by atoms with Crippen molar-refractivity contribution in [2.45, 2.75) is 71.1 Å². The SMILES string of the molecule is CCCCNc1ncc(C(=N)c2ccc(F)cc2)c(NCC2CCC[C@@H](NC(C)O)CC2)n1. The van der Waals surface area contributed by atoms with Crippen LogP contribution in [0.3, 0.4) is 0 Å². The van der Waals surface area contributed by atoms with Crippen molar-refractivity contribution < 1.29 is 9.50 Å². The maximum atomic E-state index is 13.4. The predicted octanol–water partition coefficient (Wildman–Crippen LogP) is 4.53. The molecule has 0 spiro atoms. The molecule has 2 unspecified atom stereocenters. The quantitative estimate of drug-likeness (QED) is 0.147. The number of anilines is 2. The normalized spacial score (nSPS) is 19.5. The number of unbranched alkanes of at least 4 members (excludes halogenated alkanes) is 1. The molecule has 0 aliphatic heterocycles. The maximum absolute atomic E-state index is 13.4. The summed E-state index contributed by atoms with van der Waals surface area (Å²) < 4.78 is 13.4. The molecular weight excluding hydrogens is 419 g/mol. The van der Waals surface area contributed by atoms with Gasteiger partial charge in [-0.3, -0.25) is 10.7 Å². The van der Waals surface area contributed by atoms with Crippen molar-refractivity contribution in [1.82, 2.24) is 15.3 Å². The van der Waals surface area contributed by atoms with E-state index in [9.17, 15) is 9.50 Å². The van der Waals surface area contributed by atoms with Crippen LogP contribution in [-0.4, -0.2) is 46.1 Å². The minimum Gasteiger partial charge on any atom is -0.379 e. The minimum absolute atomic E-state index is 0.264. The second-order valence-electron chi connectivity index (χ2n) is 8.91. The van der Waals surface area contributed by atoms with Gasteiger partial charge in [0.1, 0.15) is 17.9 Å². The van der Waals surface area contributed by atoms with E-state index in [1.807, 2.05) is 0 Å². The molecule has 3 atom stereocenters. The first kappa shape index (κ1) is 25.1. The van der Waals surface area contributed by atoms with Crippen molar-refractivity contribution in [3.05, 3.63) is 47.4 Å². The number of benzene rings is 1. The number of aliphatic hydroxyl groups is 1. The van der Waals surface area contributed by atoms with Crippen molar-refractivity contribution in [1.29, 1.82) is 5.41 Å². The molecule has 0 saturated heterocycles. The highest BCUT2D eigenvalue weighted by molar-refractivity contribution is 6.13. The van der Waals surface area contributed by atoms with Gasteiger partial charge in [-0.25, -0.2) is 9.37 Å². The molecule has 0 bridgehead atoms. The molecule has 0 amide bonds. The van der Waals surface area contributed by atoms with Gasteiger partial charge < -0.3 is 15.7 Å². The fraction of sp³-hybridized carbons (Fsp3) is 0.560. The van der Waals surface area contributed by atoms with Gasteiger partial charge in [-0.2, -0.15) is 4.98 Å². The van der Waals surface area contributed by atoms with Crippen LogP contribution in [0.15, 0.2) is 30.5 Å². The molecule has 3 rings (SSSR count). The number of hydrogen-bond acceptors (Lipinski definition) is 7. The maximum Gasteiger partial charge on any atom is 0.224 e. The number of aliphatic hydroxyl groups excluding tert-OH is 1. The van der Waals surface area contributed by atoms with E-state index in [2.05, 4.69) is 32.8 Å². The Morgan fingerprint density at radius 3 is 2.70 bits per heavy atom. The van der Waals surface area contributed by atoms with E-state index in [0.717, 1.165) is 58.0 Å². The van der Waals surface area contributed by atoms with Gasteiger partial charge in [0.15, 0.2) is 0 Å². The van der Waals surface area contributed by atoms with E-state index in [0.29, 0.717) is 34.9 Å². The third kappa shape index (κ3) is 7.75. The lowest BCUT2D eigenvalue weighted by molar-refractivity contribution is 0.136. The summed E-state index contributed by atoms with van der Waals surface area (Å²) in [6.07, 6.45) is 8.69. The second-order valence-corrected chi connectivity index (χ2v) is 8.91. The Morgan fingerprint density at radius 1 is 1.18 bits per heavy atom. The third-order valence-corrected chi connectivity index (χ3v) is 6.13. The summed E-state index contributed by atoms with van der Waals surface area (Å²) in [5.74, 6) is 1.34. The first-order chi connectivity index (χ1) is 16.0. The van der Waals surface area contributed by atoms with Crippen LogP contribution in [0.1, 0.15) is 69.9 Å². The van der Waals surface area contributed by atoms with Gasteiger partial charge in [0.2, 0.25) is 5.95 Å². The minimum atomic E-state index is -0.482. The largest absolute Gasteiger partial charge is 0.379 e. The number of nitrogens with one attached hydrogen (secondary N) is 4. The van der Waals surface area contributed by atoms with E-state index in [1.54, 1.807) is 25.3 Å². The Balaban J connectivity index is 1.72. The van der Waals surface area contributed by atoms with Gasteiger partial charge in [-0.15, -0.1) is 0 Å². The van der Waals surface area contributed by atoms with Gasteiger partial charge in [0.05, 0.1) is 11.3 Å². The summed E-state index contributed by atoms with van der Waals surface area (Å²) in [5, 5.41) is 28.3. The van der Waals surface area contributed by atoms with Gasteiger partial charge in [-0.1, -0.05) is 19.8 Å². The highest BCUT2D eigenvalue weighted by atomic mass is 19.1. The lowest BCUT2D eigenvalue weighted by Crippen LogP contribution is -2.35. The van der Waals surface area contributed by atoms with Gasteiger partial charge >= 0.3 is 0 Å². The van der Waals surface area contributed by atoms with Crippen molar-refractivity contribution >= 4 is 17.5 Å². The van der Waals surface area contributed by atoms with Crippen LogP contribution < -0.4 is 16.0 Å². The zero-order valence-electron chi connectivity index (χ0n) is 19.7. The number of rotatable bonds is 11. The molecule has 5 N–H and O–H groups in total. The molecule has 1 fully saturated rings. The Bertz CT molecular complexity index is 889. The smallest absolute Gasteiger partial charge is 0.224 e. The molecular formula is C25H37FN6O. The fourth-order valence-electron chi connectivity index (χ4n) is 4.27. The summed E-state index contributed by atoms with van der Waals surface area (Å²) >= 11 is 0. The molecule has 7 nitrogen and oxygen atoms in total. The zero-order valence-corrected chi connectivity index (χ0v) is 19.7. The van der Waals surface area contributed by atoms with Crippen LogP contribution in [0.25, 0.3) is 0 Å². The van der Waals surface area contributed by atoms with E-state index < -0.39 is 6.23 Å². The van der Waals surface area contributed by atoms with Gasteiger partial charge in [0.25, 0.3) is 0 Å². The molecule has 2 aromatic rings. The predicted molar refractivity (Wildman–Crippen MR) is 131 cm³/mol. The average Bonchev–Trinajstić information content (AvgIpc) is 3.02. The summed E-state index contributed by atoms with van der Waals surface area (Å²) in [7, 11) is 0. The third-order valence-electron chi connectivity index (χ3n) is 6.13. The van der Waals surface area contributed by atoms with Crippen molar-refractivity contribution in [2.24, 2.45) is 5.92 Å². The Labute approximate surface area is 196 Å². The number of aromatic nitrogens is 2. The molecule has 1 aliphatic carbocycles. The van der Waals surface area contributed by atoms with Crippen molar-refractivity contribution in [3.63, 3.8) is 0 Å². The van der Waals surface area contributed by atoms with E-state index >= 15 is 0 Å². The number of hydrogen-bond donors (Lipinski definition) is 5. The van der Waals surface area contributed by atoms with Crippen LogP contribution in [0.5, 0.6) is 0 Å².